The highest BCUT2D eigenvalue weighted by Crippen LogP contribution is 2.28. The maximum atomic E-state index is 3.70. The highest BCUT2D eigenvalue weighted by molar-refractivity contribution is 7.10. The average molecular weight is 301 g/mol. The number of thiophene rings is 1. The van der Waals surface area contributed by atoms with Crippen LogP contribution in [0.4, 0.5) is 0 Å². The van der Waals surface area contributed by atoms with Crippen molar-refractivity contribution < 1.29 is 0 Å². The Labute approximate surface area is 133 Å². The van der Waals surface area contributed by atoms with E-state index in [1.165, 1.54) is 10.4 Å². The van der Waals surface area contributed by atoms with Crippen molar-refractivity contribution in [2.45, 2.75) is 39.0 Å². The van der Waals surface area contributed by atoms with Gasteiger partial charge in [0.25, 0.3) is 0 Å². The molecule has 1 aromatic heterocycles. The zero-order valence-corrected chi connectivity index (χ0v) is 14.4. The van der Waals surface area contributed by atoms with Gasteiger partial charge in [0.1, 0.15) is 0 Å². The molecule has 1 aromatic carbocycles. The Bertz CT molecular complexity index is 514. The minimum atomic E-state index is 0.201. The van der Waals surface area contributed by atoms with Crippen LogP contribution >= 0.6 is 11.3 Å². The fraction of sp³-hybridized carbons (Fsp3) is 0.474. The number of benzene rings is 1. The zero-order valence-electron chi connectivity index (χ0n) is 13.6. The SMILES string of the molecule is CC(C)C(CNCC(C)(C)c1cccs1)c1ccccc1. The topological polar surface area (TPSA) is 12.0 Å². The molecular formula is C19H27NS. The van der Waals surface area contributed by atoms with Gasteiger partial charge >= 0.3 is 0 Å². The monoisotopic (exact) mass is 301 g/mol. The van der Waals surface area contributed by atoms with E-state index in [-0.39, 0.29) is 5.41 Å². The van der Waals surface area contributed by atoms with Gasteiger partial charge in [-0.05, 0) is 28.8 Å². The van der Waals surface area contributed by atoms with E-state index in [0.29, 0.717) is 11.8 Å². The summed E-state index contributed by atoms with van der Waals surface area (Å²) < 4.78 is 0. The summed E-state index contributed by atoms with van der Waals surface area (Å²) in [4.78, 5) is 1.45. The first-order valence-electron chi connectivity index (χ1n) is 7.80. The van der Waals surface area contributed by atoms with E-state index in [1.807, 2.05) is 11.3 Å². The summed E-state index contributed by atoms with van der Waals surface area (Å²) in [6.07, 6.45) is 0. The lowest BCUT2D eigenvalue weighted by Gasteiger charge is -2.27. The largest absolute Gasteiger partial charge is 0.315 e. The van der Waals surface area contributed by atoms with E-state index < -0.39 is 0 Å². The molecular weight excluding hydrogens is 274 g/mol. The van der Waals surface area contributed by atoms with E-state index >= 15 is 0 Å². The molecule has 1 nitrogen and oxygen atoms in total. The van der Waals surface area contributed by atoms with Crippen LogP contribution in [-0.4, -0.2) is 13.1 Å². The van der Waals surface area contributed by atoms with Crippen molar-refractivity contribution in [2.75, 3.05) is 13.1 Å². The van der Waals surface area contributed by atoms with Crippen molar-refractivity contribution in [1.29, 1.82) is 0 Å². The maximum absolute atomic E-state index is 3.70. The van der Waals surface area contributed by atoms with E-state index in [1.54, 1.807) is 0 Å². The Kier molecular flexibility index (Phi) is 5.60. The molecule has 0 aliphatic heterocycles. The molecule has 0 spiro atoms. The van der Waals surface area contributed by atoms with Crippen molar-refractivity contribution in [3.63, 3.8) is 0 Å². The summed E-state index contributed by atoms with van der Waals surface area (Å²) in [6.45, 7) is 11.3. The lowest BCUT2D eigenvalue weighted by molar-refractivity contribution is 0.418. The molecule has 0 saturated heterocycles. The maximum Gasteiger partial charge on any atom is 0.0115 e. The normalized spacial score (nSPS) is 13.6. The molecule has 1 heterocycles. The molecule has 0 bridgehead atoms. The predicted molar refractivity (Wildman–Crippen MR) is 94.2 cm³/mol. The molecule has 2 rings (SSSR count). The summed E-state index contributed by atoms with van der Waals surface area (Å²) in [5.74, 6) is 1.22. The zero-order chi connectivity index (χ0) is 15.3. The number of nitrogens with one attached hydrogen (secondary N) is 1. The lowest BCUT2D eigenvalue weighted by atomic mass is 9.87. The predicted octanol–water partition coefficient (Wildman–Crippen LogP) is 5.06. The molecule has 2 aromatic rings. The highest BCUT2D eigenvalue weighted by Gasteiger charge is 2.22. The molecule has 0 aliphatic carbocycles. The van der Waals surface area contributed by atoms with E-state index in [4.69, 9.17) is 0 Å². The second kappa shape index (κ2) is 7.24. The van der Waals surface area contributed by atoms with Crippen LogP contribution in [0.15, 0.2) is 47.8 Å². The fourth-order valence-corrected chi connectivity index (χ4v) is 3.58. The first-order chi connectivity index (χ1) is 10.0. The van der Waals surface area contributed by atoms with Crippen LogP contribution in [0.25, 0.3) is 0 Å². The van der Waals surface area contributed by atoms with Gasteiger partial charge in [-0.2, -0.15) is 0 Å². The first kappa shape index (κ1) is 16.3. The first-order valence-corrected chi connectivity index (χ1v) is 8.68. The third-order valence-corrected chi connectivity index (χ3v) is 5.39. The highest BCUT2D eigenvalue weighted by atomic mass is 32.1. The minimum Gasteiger partial charge on any atom is -0.315 e. The standard InChI is InChI=1S/C19H27NS/c1-15(2)17(16-9-6-5-7-10-16)13-20-14-19(3,4)18-11-8-12-21-18/h5-12,15,17,20H,13-14H2,1-4H3. The van der Waals surface area contributed by atoms with Crippen LogP contribution < -0.4 is 5.32 Å². The number of hydrogen-bond donors (Lipinski definition) is 1. The van der Waals surface area contributed by atoms with Gasteiger partial charge in [0.15, 0.2) is 0 Å². The van der Waals surface area contributed by atoms with E-state index in [0.717, 1.165) is 13.1 Å². The second-order valence-electron chi connectivity index (χ2n) is 6.75. The second-order valence-corrected chi connectivity index (χ2v) is 7.70. The van der Waals surface area contributed by atoms with Crippen LogP contribution in [0.3, 0.4) is 0 Å². The molecule has 0 saturated carbocycles. The molecule has 0 amide bonds. The van der Waals surface area contributed by atoms with Crippen LogP contribution in [0.5, 0.6) is 0 Å². The summed E-state index contributed by atoms with van der Waals surface area (Å²) in [6, 6.07) is 15.2. The van der Waals surface area contributed by atoms with Gasteiger partial charge in [-0.15, -0.1) is 11.3 Å². The summed E-state index contributed by atoms with van der Waals surface area (Å²) in [7, 11) is 0. The third-order valence-electron chi connectivity index (χ3n) is 4.15. The fourth-order valence-electron chi connectivity index (χ4n) is 2.73. The number of hydrogen-bond acceptors (Lipinski definition) is 2. The Hall–Kier alpha value is -1.12. The lowest BCUT2D eigenvalue weighted by Crippen LogP contribution is -2.35. The van der Waals surface area contributed by atoms with Crippen molar-refractivity contribution in [1.82, 2.24) is 5.32 Å². The van der Waals surface area contributed by atoms with Gasteiger partial charge < -0.3 is 5.32 Å². The number of rotatable bonds is 7. The molecule has 1 atom stereocenters. The van der Waals surface area contributed by atoms with Gasteiger partial charge in [-0.25, -0.2) is 0 Å². The quantitative estimate of drug-likeness (QED) is 0.754. The minimum absolute atomic E-state index is 0.201. The van der Waals surface area contributed by atoms with Crippen molar-refractivity contribution in [2.24, 2.45) is 5.92 Å². The van der Waals surface area contributed by atoms with Gasteiger partial charge in [-0.1, -0.05) is 64.1 Å². The van der Waals surface area contributed by atoms with Crippen LogP contribution in [0.2, 0.25) is 0 Å². The Morgan fingerprint density at radius 3 is 2.33 bits per heavy atom. The van der Waals surface area contributed by atoms with Gasteiger partial charge in [0.2, 0.25) is 0 Å². The van der Waals surface area contributed by atoms with Crippen LogP contribution in [0, 0.1) is 5.92 Å². The summed E-state index contributed by atoms with van der Waals surface area (Å²) >= 11 is 1.85. The van der Waals surface area contributed by atoms with Crippen LogP contribution in [-0.2, 0) is 5.41 Å². The van der Waals surface area contributed by atoms with Crippen LogP contribution in [0.1, 0.15) is 44.1 Å². The molecule has 0 aliphatic rings. The molecule has 114 valence electrons. The van der Waals surface area contributed by atoms with Crippen molar-refractivity contribution >= 4 is 11.3 Å². The Morgan fingerprint density at radius 1 is 1.05 bits per heavy atom. The summed E-state index contributed by atoms with van der Waals surface area (Å²) in [5.41, 5.74) is 1.64. The van der Waals surface area contributed by atoms with Gasteiger partial charge in [0.05, 0.1) is 0 Å². The Balaban J connectivity index is 1.94. The molecule has 0 fully saturated rings. The molecule has 1 N–H and O–H groups in total. The van der Waals surface area contributed by atoms with E-state index in [2.05, 4.69) is 80.9 Å². The Morgan fingerprint density at radius 2 is 1.76 bits per heavy atom. The summed E-state index contributed by atoms with van der Waals surface area (Å²) in [5, 5.41) is 5.87. The van der Waals surface area contributed by atoms with E-state index in [9.17, 15) is 0 Å². The van der Waals surface area contributed by atoms with Gasteiger partial charge in [0, 0.05) is 23.4 Å². The van der Waals surface area contributed by atoms with Gasteiger partial charge in [-0.3, -0.25) is 0 Å². The molecule has 21 heavy (non-hydrogen) atoms. The van der Waals surface area contributed by atoms with Crippen molar-refractivity contribution in [3.05, 3.63) is 58.3 Å². The smallest absolute Gasteiger partial charge is 0.0115 e. The van der Waals surface area contributed by atoms with Crippen molar-refractivity contribution in [3.8, 4) is 0 Å². The molecule has 2 heteroatoms. The molecule has 0 radical (unpaired) electrons. The average Bonchev–Trinajstić information content (AvgIpc) is 2.99. The third kappa shape index (κ3) is 4.42. The molecule has 1 unspecified atom stereocenters.